The van der Waals surface area contributed by atoms with Crippen molar-refractivity contribution in [1.82, 2.24) is 5.39 Å². The summed E-state index contributed by atoms with van der Waals surface area (Å²) in [6, 6.07) is 0. The summed E-state index contributed by atoms with van der Waals surface area (Å²) in [5, 5.41) is -0.639. The Kier molecular flexibility index (Phi) is 4.81. The summed E-state index contributed by atoms with van der Waals surface area (Å²) in [4.78, 5) is 0. The molecule has 0 atom stereocenters. The molecule has 98 valence electrons. The molecule has 0 bridgehead atoms. The molecule has 0 amide bonds. The number of hydrogen-bond acceptors (Lipinski definition) is 10. The van der Waals surface area contributed by atoms with Gasteiger partial charge in [-0.15, -0.1) is 12.9 Å². The molecule has 13 heteroatoms. The van der Waals surface area contributed by atoms with Crippen molar-refractivity contribution < 1.29 is 38.1 Å². The van der Waals surface area contributed by atoms with E-state index >= 15 is 0 Å². The Bertz CT molecular complexity index is 446. The van der Waals surface area contributed by atoms with Gasteiger partial charge in [0.2, 0.25) is 0 Å². The SMILES string of the molecule is CS(=O)(=O)ON(OS(C)(=O)=O)OS(C)(=O)=O. The maximum absolute atomic E-state index is 10.6. The fourth-order valence-electron chi connectivity index (χ4n) is 0.369. The van der Waals surface area contributed by atoms with E-state index < -0.39 is 35.7 Å². The summed E-state index contributed by atoms with van der Waals surface area (Å²) >= 11 is 0. The third-order valence-electron chi connectivity index (χ3n) is 0.589. The van der Waals surface area contributed by atoms with Gasteiger partial charge in [0, 0.05) is 0 Å². The molecule has 0 heterocycles. The Labute approximate surface area is 92.9 Å². The van der Waals surface area contributed by atoms with Gasteiger partial charge in [0.15, 0.2) is 0 Å². The largest absolute Gasteiger partial charge is 0.284 e. The topological polar surface area (TPSA) is 133 Å². The van der Waals surface area contributed by atoms with Crippen LogP contribution in [0, 0.1) is 0 Å². The van der Waals surface area contributed by atoms with E-state index in [-0.39, 0.29) is 0 Å². The molecule has 0 aromatic carbocycles. The lowest BCUT2D eigenvalue weighted by Gasteiger charge is -2.14. The van der Waals surface area contributed by atoms with Crippen molar-refractivity contribution >= 4 is 30.4 Å². The average molecular weight is 299 g/mol. The Morgan fingerprint density at radius 1 is 0.625 bits per heavy atom. The third kappa shape index (κ3) is 10.2. The highest BCUT2D eigenvalue weighted by Crippen LogP contribution is 2.05. The quantitative estimate of drug-likeness (QED) is 0.505. The van der Waals surface area contributed by atoms with E-state index in [4.69, 9.17) is 0 Å². The van der Waals surface area contributed by atoms with Crippen LogP contribution in [0.3, 0.4) is 0 Å². The first kappa shape index (κ1) is 15.7. The van der Waals surface area contributed by atoms with Gasteiger partial charge >= 0.3 is 0 Å². The molecule has 0 N–H and O–H groups in total. The van der Waals surface area contributed by atoms with Crippen LogP contribution in [0.5, 0.6) is 0 Å². The highest BCUT2D eigenvalue weighted by atomic mass is 32.2. The second kappa shape index (κ2) is 4.91. The molecule has 10 nitrogen and oxygen atoms in total. The van der Waals surface area contributed by atoms with E-state index in [2.05, 4.69) is 12.9 Å². The van der Waals surface area contributed by atoms with Crippen molar-refractivity contribution in [2.75, 3.05) is 18.8 Å². The van der Waals surface area contributed by atoms with Crippen LogP contribution < -0.4 is 0 Å². The fourth-order valence-corrected chi connectivity index (χ4v) is 1.33. The predicted octanol–water partition coefficient (Wildman–Crippen LogP) is -2.04. The van der Waals surface area contributed by atoms with Gasteiger partial charge in [-0.2, -0.15) is 25.3 Å². The molecule has 0 saturated carbocycles. The molecule has 0 aliphatic carbocycles. The summed E-state index contributed by atoms with van der Waals surface area (Å²) in [6.07, 6.45) is 1.58. The van der Waals surface area contributed by atoms with Gasteiger partial charge in [0.1, 0.15) is 5.39 Å². The molecule has 0 aromatic rings. The fraction of sp³-hybridized carbons (Fsp3) is 1.00. The van der Waals surface area contributed by atoms with Crippen LogP contribution in [0.15, 0.2) is 0 Å². The van der Waals surface area contributed by atoms with Crippen LogP contribution in [-0.4, -0.2) is 49.4 Å². The average Bonchev–Trinajstić information content (AvgIpc) is 1.70. The first-order chi connectivity index (χ1) is 6.79. The molecule has 0 aliphatic rings. The normalized spacial score (nSPS) is 14.2. The summed E-state index contributed by atoms with van der Waals surface area (Å²) in [7, 11) is -12.7. The lowest BCUT2D eigenvalue weighted by Crippen LogP contribution is -2.32. The van der Waals surface area contributed by atoms with Gasteiger partial charge in [-0.25, -0.2) is 0 Å². The molecule has 0 spiro atoms. The summed E-state index contributed by atoms with van der Waals surface area (Å²) < 4.78 is 75.0. The van der Waals surface area contributed by atoms with E-state index in [0.29, 0.717) is 18.8 Å². The predicted molar refractivity (Wildman–Crippen MR) is 49.6 cm³/mol. The Hall–Kier alpha value is -0.310. The van der Waals surface area contributed by atoms with Gasteiger partial charge in [0.05, 0.1) is 18.8 Å². The highest BCUT2D eigenvalue weighted by molar-refractivity contribution is 7.87. The number of rotatable bonds is 6. The molecule has 0 aromatic heterocycles. The highest BCUT2D eigenvalue weighted by Gasteiger charge is 2.24. The second-order valence-electron chi connectivity index (χ2n) is 2.56. The van der Waals surface area contributed by atoms with Gasteiger partial charge in [0.25, 0.3) is 30.4 Å². The molecular weight excluding hydrogens is 290 g/mol. The van der Waals surface area contributed by atoms with Crippen molar-refractivity contribution in [3.63, 3.8) is 0 Å². The molecule has 0 saturated heterocycles. The van der Waals surface area contributed by atoms with Crippen LogP contribution >= 0.6 is 0 Å². The van der Waals surface area contributed by atoms with Crippen molar-refractivity contribution in [2.24, 2.45) is 0 Å². The minimum Gasteiger partial charge on any atom is -0.198 e. The monoisotopic (exact) mass is 299 g/mol. The standard InChI is InChI=1S/C3H9NO9S3/c1-14(5,6)11-4(12-15(2,7)8)13-16(3,9)10/h1-3H3. The number of hydrogen-bond donors (Lipinski definition) is 0. The van der Waals surface area contributed by atoms with Crippen LogP contribution in [0.25, 0.3) is 0 Å². The van der Waals surface area contributed by atoms with Crippen molar-refractivity contribution in [1.29, 1.82) is 0 Å². The summed E-state index contributed by atoms with van der Waals surface area (Å²) in [6.45, 7) is 0. The maximum Gasteiger partial charge on any atom is 0.284 e. The molecule has 16 heavy (non-hydrogen) atoms. The van der Waals surface area contributed by atoms with Crippen molar-refractivity contribution in [2.45, 2.75) is 0 Å². The van der Waals surface area contributed by atoms with Crippen molar-refractivity contribution in [3.05, 3.63) is 0 Å². The van der Waals surface area contributed by atoms with E-state index in [1.54, 1.807) is 0 Å². The minimum atomic E-state index is -4.22. The zero-order chi connectivity index (χ0) is 13.2. The van der Waals surface area contributed by atoms with Gasteiger partial charge < -0.3 is 0 Å². The Morgan fingerprint density at radius 3 is 0.938 bits per heavy atom. The molecule has 0 radical (unpaired) electrons. The van der Waals surface area contributed by atoms with Gasteiger partial charge in [-0.1, -0.05) is 0 Å². The molecule has 0 rings (SSSR count). The lowest BCUT2D eigenvalue weighted by atomic mass is 12.0. The second-order valence-corrected chi connectivity index (χ2v) is 7.23. The minimum absolute atomic E-state index is 0.525. The Balaban J connectivity index is 4.93. The molecule has 0 fully saturated rings. The first-order valence-corrected chi connectivity index (χ1v) is 8.72. The lowest BCUT2D eigenvalue weighted by molar-refractivity contribution is -0.402. The molecule has 0 unspecified atom stereocenters. The first-order valence-electron chi connectivity index (χ1n) is 3.27. The van der Waals surface area contributed by atoms with E-state index in [1.807, 2.05) is 0 Å². The zero-order valence-corrected chi connectivity index (χ0v) is 10.8. The van der Waals surface area contributed by atoms with Crippen LogP contribution in [-0.2, 0) is 43.2 Å². The summed E-state index contributed by atoms with van der Waals surface area (Å²) in [5.74, 6) is 0. The van der Waals surface area contributed by atoms with Crippen molar-refractivity contribution in [3.8, 4) is 0 Å². The van der Waals surface area contributed by atoms with Gasteiger partial charge in [-0.05, 0) is 0 Å². The maximum atomic E-state index is 10.6. The zero-order valence-electron chi connectivity index (χ0n) is 8.35. The summed E-state index contributed by atoms with van der Waals surface area (Å²) in [5.41, 5.74) is 0. The smallest absolute Gasteiger partial charge is 0.198 e. The molecular formula is C3H9NO9S3. The van der Waals surface area contributed by atoms with E-state index in [0.717, 1.165) is 0 Å². The van der Waals surface area contributed by atoms with Gasteiger partial charge in [-0.3, -0.25) is 0 Å². The Morgan fingerprint density at radius 2 is 0.812 bits per heavy atom. The van der Waals surface area contributed by atoms with Crippen LogP contribution in [0.2, 0.25) is 0 Å². The number of nitrogens with zero attached hydrogens (tertiary/aromatic N) is 1. The van der Waals surface area contributed by atoms with E-state index in [1.165, 1.54) is 0 Å². The molecule has 0 aliphatic heterocycles. The van der Waals surface area contributed by atoms with Crippen LogP contribution in [0.1, 0.15) is 0 Å². The van der Waals surface area contributed by atoms with E-state index in [9.17, 15) is 25.3 Å². The van der Waals surface area contributed by atoms with Crippen LogP contribution in [0.4, 0.5) is 0 Å². The third-order valence-corrected chi connectivity index (χ3v) is 1.77.